The Bertz CT molecular complexity index is 652. The van der Waals surface area contributed by atoms with E-state index in [4.69, 9.17) is 9.84 Å². The van der Waals surface area contributed by atoms with Crippen molar-refractivity contribution in [2.75, 3.05) is 0 Å². The van der Waals surface area contributed by atoms with Gasteiger partial charge >= 0.3 is 5.97 Å². The standard InChI is InChI=1S/C12H9FN2O4/c13-7-1-3-8(4-2-7)19-6-10-14-5-9(12(17)18)11(16)15-10/h1-5H,6H2,(H,17,18)(H,14,15,16). The molecule has 19 heavy (non-hydrogen) atoms. The molecule has 2 aromatic rings. The molecule has 0 fully saturated rings. The molecule has 1 heterocycles. The number of nitrogens with zero attached hydrogens (tertiary/aromatic N) is 1. The molecule has 0 aliphatic rings. The van der Waals surface area contributed by atoms with Gasteiger partial charge in [-0.2, -0.15) is 0 Å². The summed E-state index contributed by atoms with van der Waals surface area (Å²) in [7, 11) is 0. The Morgan fingerprint density at radius 1 is 1.37 bits per heavy atom. The summed E-state index contributed by atoms with van der Waals surface area (Å²) in [5.41, 5.74) is -1.19. The number of hydrogen-bond acceptors (Lipinski definition) is 4. The minimum Gasteiger partial charge on any atom is -0.486 e. The summed E-state index contributed by atoms with van der Waals surface area (Å²) in [5.74, 6) is -1.14. The maximum atomic E-state index is 12.7. The molecule has 0 spiro atoms. The van der Waals surface area contributed by atoms with Gasteiger partial charge in [-0.05, 0) is 24.3 Å². The molecule has 0 atom stereocenters. The fraction of sp³-hybridized carbons (Fsp3) is 0.0833. The molecule has 2 rings (SSSR count). The van der Waals surface area contributed by atoms with Crippen molar-refractivity contribution in [2.45, 2.75) is 6.61 Å². The van der Waals surface area contributed by atoms with E-state index in [0.717, 1.165) is 6.20 Å². The lowest BCUT2D eigenvalue weighted by atomic mass is 10.3. The zero-order valence-electron chi connectivity index (χ0n) is 9.59. The third-order valence-corrected chi connectivity index (χ3v) is 2.27. The van der Waals surface area contributed by atoms with Crippen LogP contribution < -0.4 is 10.3 Å². The van der Waals surface area contributed by atoms with Gasteiger partial charge in [0.25, 0.3) is 5.56 Å². The van der Waals surface area contributed by atoms with Crippen molar-refractivity contribution in [3.63, 3.8) is 0 Å². The zero-order chi connectivity index (χ0) is 13.8. The predicted octanol–water partition coefficient (Wildman–Crippen LogP) is 1.19. The molecular formula is C12H9FN2O4. The maximum absolute atomic E-state index is 12.7. The predicted molar refractivity (Wildman–Crippen MR) is 62.5 cm³/mol. The Labute approximate surface area is 106 Å². The van der Waals surface area contributed by atoms with Crippen molar-refractivity contribution in [3.05, 3.63) is 58.0 Å². The van der Waals surface area contributed by atoms with Crippen molar-refractivity contribution in [1.29, 1.82) is 0 Å². The minimum atomic E-state index is -1.35. The third-order valence-electron chi connectivity index (χ3n) is 2.27. The van der Waals surface area contributed by atoms with Gasteiger partial charge in [-0.15, -0.1) is 0 Å². The highest BCUT2D eigenvalue weighted by Gasteiger charge is 2.09. The first-order valence-corrected chi connectivity index (χ1v) is 5.26. The van der Waals surface area contributed by atoms with Gasteiger partial charge in [0.2, 0.25) is 0 Å². The van der Waals surface area contributed by atoms with Gasteiger partial charge < -0.3 is 14.8 Å². The normalized spacial score (nSPS) is 10.2. The van der Waals surface area contributed by atoms with Crippen LogP contribution in [0.5, 0.6) is 5.75 Å². The number of hydrogen-bond donors (Lipinski definition) is 2. The molecule has 1 aromatic heterocycles. The first kappa shape index (κ1) is 12.7. The monoisotopic (exact) mass is 264 g/mol. The molecule has 98 valence electrons. The number of carbonyl (C=O) groups is 1. The van der Waals surface area contributed by atoms with Crippen LogP contribution in [-0.4, -0.2) is 21.0 Å². The van der Waals surface area contributed by atoms with Crippen molar-refractivity contribution < 1.29 is 19.0 Å². The van der Waals surface area contributed by atoms with E-state index in [1.165, 1.54) is 24.3 Å². The lowest BCUT2D eigenvalue weighted by molar-refractivity contribution is 0.0694. The lowest BCUT2D eigenvalue weighted by Crippen LogP contribution is -2.20. The number of aromatic amines is 1. The quantitative estimate of drug-likeness (QED) is 0.865. The second-order valence-electron chi connectivity index (χ2n) is 3.62. The molecule has 0 bridgehead atoms. The van der Waals surface area contributed by atoms with E-state index in [1.807, 2.05) is 0 Å². The van der Waals surface area contributed by atoms with Gasteiger partial charge in [0.1, 0.15) is 29.6 Å². The van der Waals surface area contributed by atoms with Crippen molar-refractivity contribution in [1.82, 2.24) is 9.97 Å². The number of benzene rings is 1. The van der Waals surface area contributed by atoms with Crippen molar-refractivity contribution in [3.8, 4) is 5.75 Å². The van der Waals surface area contributed by atoms with Crippen LogP contribution in [0.25, 0.3) is 0 Å². The molecule has 0 unspecified atom stereocenters. The molecule has 2 N–H and O–H groups in total. The SMILES string of the molecule is O=C(O)c1cnc(COc2ccc(F)cc2)[nH]c1=O. The Morgan fingerprint density at radius 3 is 2.63 bits per heavy atom. The summed E-state index contributed by atoms with van der Waals surface area (Å²) in [6.07, 6.45) is 0.963. The van der Waals surface area contributed by atoms with Crippen LogP contribution in [0.3, 0.4) is 0 Å². The van der Waals surface area contributed by atoms with Crippen LogP contribution in [0.2, 0.25) is 0 Å². The van der Waals surface area contributed by atoms with Crippen molar-refractivity contribution >= 4 is 5.97 Å². The maximum Gasteiger partial charge on any atom is 0.342 e. The average molecular weight is 264 g/mol. The number of halogens is 1. The van der Waals surface area contributed by atoms with Gasteiger partial charge in [-0.3, -0.25) is 4.79 Å². The largest absolute Gasteiger partial charge is 0.486 e. The number of aromatic carboxylic acids is 1. The summed E-state index contributed by atoms with van der Waals surface area (Å²) in [5, 5.41) is 8.66. The van der Waals surface area contributed by atoms with Gasteiger partial charge in [0.15, 0.2) is 0 Å². The lowest BCUT2D eigenvalue weighted by Gasteiger charge is -2.05. The molecule has 6 nitrogen and oxygen atoms in total. The van der Waals surface area contributed by atoms with Crippen molar-refractivity contribution in [2.24, 2.45) is 0 Å². The van der Waals surface area contributed by atoms with E-state index in [0.29, 0.717) is 5.75 Å². The summed E-state index contributed by atoms with van der Waals surface area (Å²) < 4.78 is 17.9. The number of rotatable bonds is 4. The summed E-state index contributed by atoms with van der Waals surface area (Å²) in [6.45, 7) is -0.0548. The fourth-order valence-corrected chi connectivity index (χ4v) is 1.34. The number of nitrogens with one attached hydrogen (secondary N) is 1. The number of carboxylic acid groups (broad SMARTS) is 1. The van der Waals surface area contributed by atoms with Crippen LogP contribution in [-0.2, 0) is 6.61 Å². The fourth-order valence-electron chi connectivity index (χ4n) is 1.34. The van der Waals surface area contributed by atoms with Crippen LogP contribution in [0.4, 0.5) is 4.39 Å². The second-order valence-corrected chi connectivity index (χ2v) is 3.62. The van der Waals surface area contributed by atoms with Crippen LogP contribution in [0.1, 0.15) is 16.2 Å². The average Bonchev–Trinajstić information content (AvgIpc) is 2.37. The third kappa shape index (κ3) is 3.15. The highest BCUT2D eigenvalue weighted by molar-refractivity contribution is 5.86. The van der Waals surface area contributed by atoms with E-state index < -0.39 is 17.1 Å². The molecular weight excluding hydrogens is 255 g/mol. The Balaban J connectivity index is 2.08. The van der Waals surface area contributed by atoms with Crippen LogP contribution in [0, 0.1) is 5.82 Å². The topological polar surface area (TPSA) is 92.3 Å². The van der Waals surface area contributed by atoms with Gasteiger partial charge in [0, 0.05) is 6.20 Å². The van der Waals surface area contributed by atoms with Gasteiger partial charge in [-0.25, -0.2) is 14.2 Å². The zero-order valence-corrected chi connectivity index (χ0v) is 9.59. The highest BCUT2D eigenvalue weighted by atomic mass is 19.1. The van der Waals surface area contributed by atoms with Gasteiger partial charge in [-0.1, -0.05) is 0 Å². The number of aromatic nitrogens is 2. The number of H-pyrrole nitrogens is 1. The second kappa shape index (κ2) is 5.30. The Hall–Kier alpha value is -2.70. The number of ether oxygens (including phenoxy) is 1. The molecule has 0 radical (unpaired) electrons. The Kier molecular flexibility index (Phi) is 3.56. The molecule has 0 aliphatic heterocycles. The molecule has 0 saturated heterocycles. The first-order valence-electron chi connectivity index (χ1n) is 5.26. The minimum absolute atomic E-state index is 0.0548. The van der Waals surface area contributed by atoms with E-state index in [2.05, 4.69) is 9.97 Å². The summed E-state index contributed by atoms with van der Waals surface area (Å²) in [6, 6.07) is 5.33. The molecule has 0 aliphatic carbocycles. The number of carboxylic acids is 1. The smallest absolute Gasteiger partial charge is 0.342 e. The van der Waals surface area contributed by atoms with E-state index in [1.54, 1.807) is 0 Å². The van der Waals surface area contributed by atoms with Crippen LogP contribution >= 0.6 is 0 Å². The Morgan fingerprint density at radius 2 is 2.05 bits per heavy atom. The van der Waals surface area contributed by atoms with E-state index in [-0.39, 0.29) is 18.2 Å². The van der Waals surface area contributed by atoms with E-state index >= 15 is 0 Å². The summed E-state index contributed by atoms with van der Waals surface area (Å²) in [4.78, 5) is 28.0. The molecule has 0 saturated carbocycles. The molecule has 1 aromatic carbocycles. The van der Waals surface area contributed by atoms with Gasteiger partial charge in [0.05, 0.1) is 0 Å². The highest BCUT2D eigenvalue weighted by Crippen LogP contribution is 2.11. The first-order chi connectivity index (χ1) is 9.06. The summed E-state index contributed by atoms with van der Waals surface area (Å²) >= 11 is 0. The molecule has 0 amide bonds. The van der Waals surface area contributed by atoms with E-state index in [9.17, 15) is 14.0 Å². The van der Waals surface area contributed by atoms with Crippen LogP contribution in [0.15, 0.2) is 35.3 Å². The molecule has 7 heteroatoms.